The highest BCUT2D eigenvalue weighted by Crippen LogP contribution is 2.15. The largest absolute Gasteiger partial charge is 0.480 e. The Morgan fingerprint density at radius 1 is 1.64 bits per heavy atom. The van der Waals surface area contributed by atoms with Gasteiger partial charge in [-0.15, -0.1) is 0 Å². The Morgan fingerprint density at radius 3 is 2.79 bits per heavy atom. The lowest BCUT2D eigenvalue weighted by Crippen LogP contribution is -2.40. The zero-order chi connectivity index (χ0) is 10.6. The number of carboxylic acids is 1. The van der Waals surface area contributed by atoms with E-state index in [1.165, 1.54) is 12.8 Å². The van der Waals surface area contributed by atoms with Gasteiger partial charge in [-0.3, -0.25) is 9.69 Å². The number of hydrogen-bond donors (Lipinski definition) is 1. The van der Waals surface area contributed by atoms with Crippen LogP contribution in [0.25, 0.3) is 0 Å². The summed E-state index contributed by atoms with van der Waals surface area (Å²) in [4.78, 5) is 14.9. The molecule has 0 spiro atoms. The van der Waals surface area contributed by atoms with Crippen LogP contribution < -0.4 is 0 Å². The second-order valence-electron chi connectivity index (χ2n) is 4.00. The topological polar surface area (TPSA) is 43.8 Å². The van der Waals surface area contributed by atoms with Crippen molar-refractivity contribution in [3.05, 3.63) is 0 Å². The highest BCUT2D eigenvalue weighted by atomic mass is 16.4. The van der Waals surface area contributed by atoms with Gasteiger partial charge in [0.15, 0.2) is 0 Å². The Kier molecular flexibility index (Phi) is 4.35. The molecule has 0 aromatic heterocycles. The quantitative estimate of drug-likeness (QED) is 0.701. The van der Waals surface area contributed by atoms with Gasteiger partial charge in [0, 0.05) is 12.6 Å². The summed E-state index contributed by atoms with van der Waals surface area (Å²) in [6.45, 7) is 5.03. The number of likely N-dealkylation sites (tertiary alicyclic amines) is 1. The van der Waals surface area contributed by atoms with Crippen molar-refractivity contribution in [1.29, 1.82) is 0 Å². The van der Waals surface area contributed by atoms with Gasteiger partial charge in [-0.2, -0.15) is 0 Å². The normalized spacial score (nSPS) is 23.2. The van der Waals surface area contributed by atoms with E-state index >= 15 is 0 Å². The van der Waals surface area contributed by atoms with Crippen molar-refractivity contribution >= 4 is 5.97 Å². The van der Waals surface area contributed by atoms with Gasteiger partial charge >= 0.3 is 5.97 Å². The number of hydrogen-bond acceptors (Lipinski definition) is 3. The van der Waals surface area contributed by atoms with Crippen LogP contribution in [-0.4, -0.2) is 60.1 Å². The fourth-order valence-electron chi connectivity index (χ4n) is 2.00. The van der Waals surface area contributed by atoms with Crippen LogP contribution in [0.2, 0.25) is 0 Å². The third-order valence-electron chi connectivity index (χ3n) is 2.95. The van der Waals surface area contributed by atoms with E-state index in [-0.39, 0.29) is 6.54 Å². The van der Waals surface area contributed by atoms with Gasteiger partial charge in [-0.05, 0) is 33.0 Å². The van der Waals surface area contributed by atoms with Gasteiger partial charge < -0.3 is 10.0 Å². The average Bonchev–Trinajstić information content (AvgIpc) is 2.50. The Balaban J connectivity index is 2.35. The highest BCUT2D eigenvalue weighted by molar-refractivity contribution is 5.69. The first-order chi connectivity index (χ1) is 6.63. The minimum absolute atomic E-state index is 0.167. The molecule has 0 radical (unpaired) electrons. The molecule has 4 heteroatoms. The Labute approximate surface area is 85.5 Å². The molecule has 0 aromatic rings. The molecule has 14 heavy (non-hydrogen) atoms. The lowest BCUT2D eigenvalue weighted by Gasteiger charge is -2.26. The average molecular weight is 200 g/mol. The lowest BCUT2D eigenvalue weighted by molar-refractivity contribution is -0.138. The summed E-state index contributed by atoms with van der Waals surface area (Å²) < 4.78 is 0. The minimum atomic E-state index is -0.729. The van der Waals surface area contributed by atoms with Gasteiger partial charge in [0.2, 0.25) is 0 Å². The second-order valence-corrected chi connectivity index (χ2v) is 4.00. The molecule has 1 saturated heterocycles. The van der Waals surface area contributed by atoms with Crippen LogP contribution in [0.4, 0.5) is 0 Å². The third kappa shape index (κ3) is 3.27. The first-order valence-corrected chi connectivity index (χ1v) is 5.28. The molecule has 1 atom stereocenters. The van der Waals surface area contributed by atoms with Crippen molar-refractivity contribution in [2.45, 2.75) is 25.8 Å². The maximum absolute atomic E-state index is 10.6. The molecule has 0 saturated carbocycles. The zero-order valence-electron chi connectivity index (χ0n) is 9.07. The molecule has 0 amide bonds. The van der Waals surface area contributed by atoms with Crippen LogP contribution in [0.1, 0.15) is 19.8 Å². The zero-order valence-corrected chi connectivity index (χ0v) is 9.07. The molecule has 0 bridgehead atoms. The Morgan fingerprint density at radius 2 is 2.36 bits per heavy atom. The standard InChI is InChI=1S/C10H20N2O2/c1-3-12(8-10(13)14)7-9-5-4-6-11(9)2/h9H,3-8H2,1-2H3,(H,13,14)/t9-/m1/s1. The van der Waals surface area contributed by atoms with Crippen LogP contribution in [0.3, 0.4) is 0 Å². The molecule has 1 fully saturated rings. The number of likely N-dealkylation sites (N-methyl/N-ethyl adjacent to an activating group) is 2. The fraction of sp³-hybridized carbons (Fsp3) is 0.900. The molecular weight excluding hydrogens is 180 g/mol. The van der Waals surface area contributed by atoms with Gasteiger partial charge in [-0.25, -0.2) is 0 Å². The molecule has 0 unspecified atom stereocenters. The molecule has 4 nitrogen and oxygen atoms in total. The van der Waals surface area contributed by atoms with E-state index in [1.54, 1.807) is 0 Å². The van der Waals surface area contributed by atoms with E-state index in [1.807, 2.05) is 11.8 Å². The van der Waals surface area contributed by atoms with Crippen molar-refractivity contribution < 1.29 is 9.90 Å². The van der Waals surface area contributed by atoms with Crippen molar-refractivity contribution in [3.8, 4) is 0 Å². The second kappa shape index (κ2) is 5.32. The third-order valence-corrected chi connectivity index (χ3v) is 2.95. The van der Waals surface area contributed by atoms with Gasteiger partial charge in [0.25, 0.3) is 0 Å². The minimum Gasteiger partial charge on any atom is -0.480 e. The van der Waals surface area contributed by atoms with Crippen molar-refractivity contribution in [2.24, 2.45) is 0 Å². The number of carbonyl (C=O) groups is 1. The van der Waals surface area contributed by atoms with Crippen LogP contribution in [0.15, 0.2) is 0 Å². The Bertz CT molecular complexity index is 197. The van der Waals surface area contributed by atoms with E-state index in [4.69, 9.17) is 5.11 Å². The first kappa shape index (κ1) is 11.5. The van der Waals surface area contributed by atoms with E-state index in [0.717, 1.165) is 19.6 Å². The lowest BCUT2D eigenvalue weighted by atomic mass is 10.2. The molecular formula is C10H20N2O2. The summed E-state index contributed by atoms with van der Waals surface area (Å²) in [5.74, 6) is -0.729. The van der Waals surface area contributed by atoms with Crippen LogP contribution in [0, 0.1) is 0 Å². The van der Waals surface area contributed by atoms with Gasteiger partial charge in [0.1, 0.15) is 0 Å². The van der Waals surface area contributed by atoms with Crippen molar-refractivity contribution in [2.75, 3.05) is 33.2 Å². The Hall–Kier alpha value is -0.610. The highest BCUT2D eigenvalue weighted by Gasteiger charge is 2.23. The number of carboxylic acid groups (broad SMARTS) is 1. The van der Waals surface area contributed by atoms with E-state index in [9.17, 15) is 4.79 Å². The van der Waals surface area contributed by atoms with E-state index in [0.29, 0.717) is 6.04 Å². The SMILES string of the molecule is CCN(CC(=O)O)C[C@H]1CCCN1C. The predicted molar refractivity (Wildman–Crippen MR) is 55.4 cm³/mol. The summed E-state index contributed by atoms with van der Waals surface area (Å²) in [6, 6.07) is 0.550. The monoisotopic (exact) mass is 200 g/mol. The van der Waals surface area contributed by atoms with Gasteiger partial charge in [0.05, 0.1) is 6.54 Å². The van der Waals surface area contributed by atoms with Crippen LogP contribution in [0.5, 0.6) is 0 Å². The maximum Gasteiger partial charge on any atom is 0.317 e. The van der Waals surface area contributed by atoms with Crippen molar-refractivity contribution in [3.63, 3.8) is 0 Å². The summed E-state index contributed by atoms with van der Waals surface area (Å²) in [5, 5.41) is 8.70. The molecule has 0 aliphatic carbocycles. The summed E-state index contributed by atoms with van der Waals surface area (Å²) in [6.07, 6.45) is 2.44. The van der Waals surface area contributed by atoms with Gasteiger partial charge in [-0.1, -0.05) is 6.92 Å². The molecule has 1 heterocycles. The van der Waals surface area contributed by atoms with Crippen molar-refractivity contribution in [1.82, 2.24) is 9.80 Å². The summed E-state index contributed by atoms with van der Waals surface area (Å²) >= 11 is 0. The molecule has 1 rings (SSSR count). The number of rotatable bonds is 5. The first-order valence-electron chi connectivity index (χ1n) is 5.28. The summed E-state index contributed by atoms with van der Waals surface area (Å²) in [5.41, 5.74) is 0. The number of aliphatic carboxylic acids is 1. The summed E-state index contributed by atoms with van der Waals surface area (Å²) in [7, 11) is 2.12. The predicted octanol–water partition coefficient (Wildman–Crippen LogP) is 0.487. The van der Waals surface area contributed by atoms with E-state index < -0.39 is 5.97 Å². The smallest absolute Gasteiger partial charge is 0.317 e. The molecule has 1 N–H and O–H groups in total. The van der Waals surface area contributed by atoms with Crippen LogP contribution >= 0.6 is 0 Å². The fourth-order valence-corrected chi connectivity index (χ4v) is 2.00. The number of nitrogens with zero attached hydrogens (tertiary/aromatic N) is 2. The molecule has 1 aliphatic heterocycles. The molecule has 0 aromatic carbocycles. The maximum atomic E-state index is 10.6. The van der Waals surface area contributed by atoms with E-state index in [2.05, 4.69) is 11.9 Å². The molecule has 1 aliphatic rings. The van der Waals surface area contributed by atoms with Crippen LogP contribution in [-0.2, 0) is 4.79 Å². The molecule has 82 valence electrons.